The Kier molecular flexibility index (Phi) is 4.25. The minimum atomic E-state index is -3.50. The Bertz CT molecular complexity index is 527. The van der Waals surface area contributed by atoms with E-state index < -0.39 is 15.8 Å². The smallest absolute Gasteiger partial charge is 0.207 e. The van der Waals surface area contributed by atoms with Crippen LogP contribution in [-0.2, 0) is 15.9 Å². The van der Waals surface area contributed by atoms with E-state index in [9.17, 15) is 12.8 Å². The fourth-order valence-electron chi connectivity index (χ4n) is 2.07. The van der Waals surface area contributed by atoms with Crippen molar-refractivity contribution in [2.24, 2.45) is 0 Å². The van der Waals surface area contributed by atoms with Crippen molar-refractivity contribution < 1.29 is 12.8 Å². The predicted molar refractivity (Wildman–Crippen MR) is 68.6 cm³/mol. The first kappa shape index (κ1) is 13.8. The molecule has 1 heterocycles. The molecule has 0 amide bonds. The number of hydrogen-bond donors (Lipinski definition) is 0. The van der Waals surface area contributed by atoms with Gasteiger partial charge in [0.2, 0.25) is 10.0 Å². The summed E-state index contributed by atoms with van der Waals surface area (Å²) < 4.78 is 39.4. The summed E-state index contributed by atoms with van der Waals surface area (Å²) in [5.74, 6) is -0.502. The van der Waals surface area contributed by atoms with E-state index in [2.05, 4.69) is 0 Å². The third kappa shape index (κ3) is 2.68. The lowest BCUT2D eigenvalue weighted by atomic mass is 10.2. The van der Waals surface area contributed by atoms with Gasteiger partial charge in [-0.05, 0) is 31.0 Å². The summed E-state index contributed by atoms with van der Waals surface area (Å²) in [6.45, 7) is 1.08. The lowest BCUT2D eigenvalue weighted by Crippen LogP contribution is -2.35. The molecule has 0 radical (unpaired) electrons. The van der Waals surface area contributed by atoms with E-state index >= 15 is 0 Å². The maximum Gasteiger partial charge on any atom is 0.243 e. The summed E-state index contributed by atoms with van der Waals surface area (Å²) in [4.78, 5) is 0.126. The van der Waals surface area contributed by atoms with Gasteiger partial charge >= 0.3 is 0 Å². The highest BCUT2D eigenvalue weighted by Crippen LogP contribution is 2.23. The van der Waals surface area contributed by atoms with Crippen LogP contribution in [0.15, 0.2) is 23.1 Å². The Labute approximate surface area is 112 Å². The van der Waals surface area contributed by atoms with Gasteiger partial charge in [-0.2, -0.15) is 4.31 Å². The highest BCUT2D eigenvalue weighted by molar-refractivity contribution is 7.89. The molecule has 1 aliphatic rings. The summed E-state index contributed by atoms with van der Waals surface area (Å²) >= 11 is 5.59. The Hall–Kier alpha value is -0.650. The van der Waals surface area contributed by atoms with E-state index in [0.29, 0.717) is 13.1 Å². The molecule has 100 valence electrons. The molecule has 0 spiro atoms. The molecule has 0 unspecified atom stereocenters. The molecule has 6 heteroatoms. The van der Waals surface area contributed by atoms with Crippen molar-refractivity contribution in [2.75, 3.05) is 13.1 Å². The van der Waals surface area contributed by atoms with Crippen LogP contribution < -0.4 is 0 Å². The molecule has 0 atom stereocenters. The Morgan fingerprint density at radius 2 is 1.89 bits per heavy atom. The summed E-state index contributed by atoms with van der Waals surface area (Å²) in [7, 11) is -3.50. The Balaban J connectivity index is 2.34. The molecule has 0 aliphatic carbocycles. The molecule has 0 saturated carbocycles. The third-order valence-electron chi connectivity index (χ3n) is 3.11. The average Bonchev–Trinajstić information content (AvgIpc) is 2.40. The van der Waals surface area contributed by atoms with Crippen LogP contribution in [0, 0.1) is 5.82 Å². The first-order valence-corrected chi connectivity index (χ1v) is 7.87. The van der Waals surface area contributed by atoms with Crippen LogP contribution >= 0.6 is 11.6 Å². The zero-order chi connectivity index (χ0) is 13.2. The standard InChI is InChI=1S/C12H15ClFNO2S/c13-9-10-8-11(4-5-12(10)14)18(16,17)15-6-2-1-3-7-15/h4-5,8H,1-3,6-7,9H2. The number of rotatable bonds is 3. The van der Waals surface area contributed by atoms with Gasteiger partial charge in [0.25, 0.3) is 0 Å². The molecule has 1 aromatic rings. The maximum absolute atomic E-state index is 13.3. The molecular formula is C12H15ClFNO2S. The number of alkyl halides is 1. The van der Waals surface area contributed by atoms with E-state index in [1.165, 1.54) is 16.4 Å². The van der Waals surface area contributed by atoms with Crippen LogP contribution in [0.25, 0.3) is 0 Å². The van der Waals surface area contributed by atoms with Gasteiger partial charge in [0.1, 0.15) is 5.82 Å². The number of piperidine rings is 1. The minimum absolute atomic E-state index is 0.0325. The normalized spacial score (nSPS) is 17.9. The number of halogens is 2. The molecule has 1 saturated heterocycles. The number of sulfonamides is 1. The largest absolute Gasteiger partial charge is 0.243 e. The van der Waals surface area contributed by atoms with Gasteiger partial charge in [-0.25, -0.2) is 12.8 Å². The SMILES string of the molecule is O=S(=O)(c1ccc(F)c(CCl)c1)N1CCCCC1. The predicted octanol–water partition coefficient (Wildman–Crippen LogP) is 2.74. The zero-order valence-electron chi connectivity index (χ0n) is 9.90. The Morgan fingerprint density at radius 3 is 2.50 bits per heavy atom. The van der Waals surface area contributed by atoms with Gasteiger partial charge in [0.15, 0.2) is 0 Å². The van der Waals surface area contributed by atoms with Gasteiger partial charge in [-0.3, -0.25) is 0 Å². The van der Waals surface area contributed by atoms with Crippen molar-refractivity contribution in [3.63, 3.8) is 0 Å². The van der Waals surface area contributed by atoms with Crippen LogP contribution in [-0.4, -0.2) is 25.8 Å². The summed E-state index contributed by atoms with van der Waals surface area (Å²) in [5, 5.41) is 0. The van der Waals surface area contributed by atoms with Crippen molar-refractivity contribution in [3.05, 3.63) is 29.6 Å². The van der Waals surface area contributed by atoms with Gasteiger partial charge < -0.3 is 0 Å². The fourth-order valence-corrected chi connectivity index (χ4v) is 3.84. The van der Waals surface area contributed by atoms with E-state index in [0.717, 1.165) is 25.3 Å². The van der Waals surface area contributed by atoms with Gasteiger partial charge in [0, 0.05) is 18.7 Å². The van der Waals surface area contributed by atoms with Crippen molar-refractivity contribution in [3.8, 4) is 0 Å². The fraction of sp³-hybridized carbons (Fsp3) is 0.500. The second-order valence-corrected chi connectivity index (χ2v) is 6.56. The maximum atomic E-state index is 13.3. The second kappa shape index (κ2) is 5.55. The van der Waals surface area contributed by atoms with Gasteiger partial charge in [-0.15, -0.1) is 11.6 Å². The van der Waals surface area contributed by atoms with Crippen LogP contribution in [0.5, 0.6) is 0 Å². The monoisotopic (exact) mass is 291 g/mol. The Morgan fingerprint density at radius 1 is 1.22 bits per heavy atom. The molecule has 1 aromatic carbocycles. The van der Waals surface area contributed by atoms with Crippen molar-refractivity contribution in [1.29, 1.82) is 0 Å². The first-order valence-electron chi connectivity index (χ1n) is 5.90. The minimum Gasteiger partial charge on any atom is -0.207 e. The highest BCUT2D eigenvalue weighted by atomic mass is 35.5. The number of hydrogen-bond acceptors (Lipinski definition) is 2. The number of nitrogens with zero attached hydrogens (tertiary/aromatic N) is 1. The van der Waals surface area contributed by atoms with E-state index in [4.69, 9.17) is 11.6 Å². The molecule has 1 aliphatic heterocycles. The topological polar surface area (TPSA) is 37.4 Å². The molecule has 2 rings (SSSR count). The van der Waals surface area contributed by atoms with Crippen LogP contribution in [0.2, 0.25) is 0 Å². The molecule has 18 heavy (non-hydrogen) atoms. The van der Waals surface area contributed by atoms with E-state index in [1.54, 1.807) is 0 Å². The summed E-state index contributed by atoms with van der Waals surface area (Å²) in [6.07, 6.45) is 2.81. The van der Waals surface area contributed by atoms with E-state index in [-0.39, 0.29) is 16.3 Å². The first-order chi connectivity index (χ1) is 8.55. The number of benzene rings is 1. The molecule has 0 aromatic heterocycles. The second-order valence-electron chi connectivity index (χ2n) is 4.35. The van der Waals surface area contributed by atoms with Gasteiger partial charge in [-0.1, -0.05) is 6.42 Å². The third-order valence-corrected chi connectivity index (χ3v) is 5.30. The lowest BCUT2D eigenvalue weighted by Gasteiger charge is -2.26. The highest BCUT2D eigenvalue weighted by Gasteiger charge is 2.26. The molecule has 0 bridgehead atoms. The molecule has 1 fully saturated rings. The zero-order valence-corrected chi connectivity index (χ0v) is 11.5. The average molecular weight is 292 g/mol. The lowest BCUT2D eigenvalue weighted by molar-refractivity contribution is 0.346. The summed E-state index contributed by atoms with van der Waals surface area (Å²) in [6, 6.07) is 3.79. The van der Waals surface area contributed by atoms with Crippen LogP contribution in [0.1, 0.15) is 24.8 Å². The van der Waals surface area contributed by atoms with Gasteiger partial charge in [0.05, 0.1) is 10.8 Å². The molecule has 0 N–H and O–H groups in total. The van der Waals surface area contributed by atoms with Crippen molar-refractivity contribution >= 4 is 21.6 Å². The van der Waals surface area contributed by atoms with E-state index in [1.807, 2.05) is 0 Å². The summed E-state index contributed by atoms with van der Waals surface area (Å²) in [5.41, 5.74) is 0.217. The molecule has 3 nitrogen and oxygen atoms in total. The van der Waals surface area contributed by atoms with Crippen LogP contribution in [0.4, 0.5) is 4.39 Å². The van der Waals surface area contributed by atoms with Crippen molar-refractivity contribution in [1.82, 2.24) is 4.31 Å². The quantitative estimate of drug-likeness (QED) is 0.803. The molecular weight excluding hydrogens is 277 g/mol. The van der Waals surface area contributed by atoms with Crippen LogP contribution in [0.3, 0.4) is 0 Å². The van der Waals surface area contributed by atoms with Crippen molar-refractivity contribution in [2.45, 2.75) is 30.0 Å².